The lowest BCUT2D eigenvalue weighted by Crippen LogP contribution is -2.47. The molecule has 0 aromatic rings. The smallest absolute Gasteiger partial charge is 0.00147 e. The molecule has 14 heavy (non-hydrogen) atoms. The molecule has 2 heteroatoms. The molecule has 0 aromatic carbocycles. The first-order valence-electron chi connectivity index (χ1n) is 6.20. The topological polar surface area (TPSA) is 24.1 Å². The molecule has 2 heterocycles. The fourth-order valence-electron chi connectivity index (χ4n) is 3.17. The standard InChI is InChI=1S/C12H24N2/c1-9-3-5-13-7-11(9)12-8-14-6-4-10(12)2/h9-14H,3-8H2,1-2H3. The van der Waals surface area contributed by atoms with Crippen molar-refractivity contribution in [3.8, 4) is 0 Å². The van der Waals surface area contributed by atoms with E-state index >= 15 is 0 Å². The van der Waals surface area contributed by atoms with Crippen LogP contribution in [0.15, 0.2) is 0 Å². The first-order valence-corrected chi connectivity index (χ1v) is 6.20. The Hall–Kier alpha value is -0.0800. The second kappa shape index (κ2) is 4.63. The summed E-state index contributed by atoms with van der Waals surface area (Å²) in [6.07, 6.45) is 2.74. The van der Waals surface area contributed by atoms with Crippen molar-refractivity contribution < 1.29 is 0 Å². The predicted molar refractivity (Wildman–Crippen MR) is 60.3 cm³/mol. The maximum Gasteiger partial charge on any atom is -0.00147 e. The molecule has 2 rings (SSSR count). The van der Waals surface area contributed by atoms with E-state index in [0.29, 0.717) is 0 Å². The van der Waals surface area contributed by atoms with Crippen molar-refractivity contribution in [2.75, 3.05) is 26.2 Å². The second-order valence-corrected chi connectivity index (χ2v) is 5.27. The highest BCUT2D eigenvalue weighted by atomic mass is 14.9. The number of nitrogens with one attached hydrogen (secondary N) is 2. The third kappa shape index (κ3) is 2.12. The molecular weight excluding hydrogens is 172 g/mol. The molecule has 0 aliphatic carbocycles. The summed E-state index contributed by atoms with van der Waals surface area (Å²) in [5.41, 5.74) is 0. The molecule has 2 nitrogen and oxygen atoms in total. The highest BCUT2D eigenvalue weighted by Crippen LogP contribution is 2.33. The van der Waals surface area contributed by atoms with Gasteiger partial charge in [0.2, 0.25) is 0 Å². The number of piperidine rings is 2. The Balaban J connectivity index is 1.96. The molecular formula is C12H24N2. The van der Waals surface area contributed by atoms with Gasteiger partial charge in [-0.15, -0.1) is 0 Å². The van der Waals surface area contributed by atoms with E-state index < -0.39 is 0 Å². The molecule has 2 aliphatic heterocycles. The largest absolute Gasteiger partial charge is 0.316 e. The third-order valence-corrected chi connectivity index (χ3v) is 4.32. The van der Waals surface area contributed by atoms with Gasteiger partial charge in [0.1, 0.15) is 0 Å². The van der Waals surface area contributed by atoms with Crippen LogP contribution in [-0.4, -0.2) is 26.2 Å². The van der Waals surface area contributed by atoms with Crippen LogP contribution in [0, 0.1) is 23.7 Å². The summed E-state index contributed by atoms with van der Waals surface area (Å²) in [5, 5.41) is 7.11. The second-order valence-electron chi connectivity index (χ2n) is 5.27. The van der Waals surface area contributed by atoms with Crippen LogP contribution in [0.4, 0.5) is 0 Å². The molecule has 0 aromatic heterocycles. The average Bonchev–Trinajstić information content (AvgIpc) is 2.20. The fraction of sp³-hybridized carbons (Fsp3) is 1.00. The summed E-state index contributed by atoms with van der Waals surface area (Å²) >= 11 is 0. The van der Waals surface area contributed by atoms with Crippen LogP contribution in [0.1, 0.15) is 26.7 Å². The highest BCUT2D eigenvalue weighted by Gasteiger charge is 2.33. The predicted octanol–water partition coefficient (Wildman–Crippen LogP) is 1.48. The Morgan fingerprint density at radius 2 is 1.21 bits per heavy atom. The summed E-state index contributed by atoms with van der Waals surface area (Å²) in [5.74, 6) is 3.66. The molecule has 4 atom stereocenters. The average molecular weight is 196 g/mol. The first-order chi connectivity index (χ1) is 6.79. The van der Waals surface area contributed by atoms with Crippen molar-refractivity contribution in [1.82, 2.24) is 10.6 Å². The molecule has 0 radical (unpaired) electrons. The van der Waals surface area contributed by atoms with Crippen LogP contribution in [0.25, 0.3) is 0 Å². The zero-order valence-electron chi connectivity index (χ0n) is 9.55. The summed E-state index contributed by atoms with van der Waals surface area (Å²) in [6, 6.07) is 0. The van der Waals surface area contributed by atoms with Crippen LogP contribution in [0.2, 0.25) is 0 Å². The van der Waals surface area contributed by atoms with Crippen LogP contribution >= 0.6 is 0 Å². The van der Waals surface area contributed by atoms with Crippen LogP contribution < -0.4 is 10.6 Å². The summed E-state index contributed by atoms with van der Waals surface area (Å²) in [6.45, 7) is 9.83. The van der Waals surface area contributed by atoms with Crippen molar-refractivity contribution >= 4 is 0 Å². The van der Waals surface area contributed by atoms with E-state index in [2.05, 4.69) is 24.5 Å². The van der Waals surface area contributed by atoms with Gasteiger partial charge in [0.15, 0.2) is 0 Å². The molecule has 0 amide bonds. The number of hydrogen-bond donors (Lipinski definition) is 2. The van der Waals surface area contributed by atoms with Gasteiger partial charge in [-0.05, 0) is 62.7 Å². The SMILES string of the molecule is CC1CCNCC1C1CNCCC1C. The Kier molecular flexibility index (Phi) is 3.45. The molecule has 82 valence electrons. The van der Waals surface area contributed by atoms with Gasteiger partial charge in [0, 0.05) is 0 Å². The van der Waals surface area contributed by atoms with Gasteiger partial charge in [-0.2, -0.15) is 0 Å². The maximum absolute atomic E-state index is 3.56. The zero-order chi connectivity index (χ0) is 9.97. The van der Waals surface area contributed by atoms with Crippen molar-refractivity contribution in [2.45, 2.75) is 26.7 Å². The molecule has 4 unspecified atom stereocenters. The lowest BCUT2D eigenvalue weighted by molar-refractivity contribution is 0.119. The van der Waals surface area contributed by atoms with Gasteiger partial charge in [0.05, 0.1) is 0 Å². The van der Waals surface area contributed by atoms with Gasteiger partial charge < -0.3 is 10.6 Å². The maximum atomic E-state index is 3.56. The lowest BCUT2D eigenvalue weighted by atomic mass is 9.71. The molecule has 0 bridgehead atoms. The van der Waals surface area contributed by atoms with Gasteiger partial charge in [-0.3, -0.25) is 0 Å². The van der Waals surface area contributed by atoms with Crippen molar-refractivity contribution in [2.24, 2.45) is 23.7 Å². The quantitative estimate of drug-likeness (QED) is 0.664. The van der Waals surface area contributed by atoms with Crippen molar-refractivity contribution in [1.29, 1.82) is 0 Å². The van der Waals surface area contributed by atoms with E-state index in [1.165, 1.54) is 39.0 Å². The first kappa shape index (κ1) is 10.4. The van der Waals surface area contributed by atoms with Crippen molar-refractivity contribution in [3.63, 3.8) is 0 Å². The van der Waals surface area contributed by atoms with E-state index in [4.69, 9.17) is 0 Å². The summed E-state index contributed by atoms with van der Waals surface area (Å²) in [7, 11) is 0. The lowest BCUT2D eigenvalue weighted by Gasteiger charge is -2.41. The normalized spacial score (nSPS) is 45.0. The third-order valence-electron chi connectivity index (χ3n) is 4.32. The number of rotatable bonds is 1. The van der Waals surface area contributed by atoms with Gasteiger partial charge in [-0.1, -0.05) is 13.8 Å². The van der Waals surface area contributed by atoms with E-state index in [1.54, 1.807) is 0 Å². The Labute approximate surface area is 87.8 Å². The summed E-state index contributed by atoms with van der Waals surface area (Å²) < 4.78 is 0. The minimum absolute atomic E-state index is 0.909. The van der Waals surface area contributed by atoms with Gasteiger partial charge >= 0.3 is 0 Å². The highest BCUT2D eigenvalue weighted by molar-refractivity contribution is 4.87. The van der Waals surface area contributed by atoms with Crippen LogP contribution in [0.5, 0.6) is 0 Å². The van der Waals surface area contributed by atoms with Crippen LogP contribution in [0.3, 0.4) is 0 Å². The fourth-order valence-corrected chi connectivity index (χ4v) is 3.17. The molecule has 2 aliphatic rings. The van der Waals surface area contributed by atoms with E-state index in [-0.39, 0.29) is 0 Å². The Morgan fingerprint density at radius 1 is 0.786 bits per heavy atom. The Bertz CT molecular complexity index is 161. The number of hydrogen-bond acceptors (Lipinski definition) is 2. The van der Waals surface area contributed by atoms with Gasteiger partial charge in [-0.25, -0.2) is 0 Å². The van der Waals surface area contributed by atoms with Crippen molar-refractivity contribution in [3.05, 3.63) is 0 Å². The monoisotopic (exact) mass is 196 g/mol. The van der Waals surface area contributed by atoms with Crippen LogP contribution in [-0.2, 0) is 0 Å². The molecule has 2 saturated heterocycles. The molecule has 0 spiro atoms. The minimum Gasteiger partial charge on any atom is -0.316 e. The summed E-state index contributed by atoms with van der Waals surface area (Å²) in [4.78, 5) is 0. The van der Waals surface area contributed by atoms with E-state index in [9.17, 15) is 0 Å². The molecule has 0 saturated carbocycles. The minimum atomic E-state index is 0.909. The van der Waals surface area contributed by atoms with Gasteiger partial charge in [0.25, 0.3) is 0 Å². The van der Waals surface area contributed by atoms with E-state index in [0.717, 1.165) is 23.7 Å². The Morgan fingerprint density at radius 3 is 1.57 bits per heavy atom. The zero-order valence-corrected chi connectivity index (χ0v) is 9.55. The molecule has 2 N–H and O–H groups in total. The molecule has 2 fully saturated rings. The van der Waals surface area contributed by atoms with E-state index in [1.807, 2.05) is 0 Å².